The van der Waals surface area contributed by atoms with E-state index in [1.807, 2.05) is 36.4 Å². The highest BCUT2D eigenvalue weighted by Crippen LogP contribution is 2.31. The summed E-state index contributed by atoms with van der Waals surface area (Å²) in [5, 5.41) is 10.1. The highest BCUT2D eigenvalue weighted by molar-refractivity contribution is 6.13. The first-order valence-corrected chi connectivity index (χ1v) is 7.40. The molecule has 1 aliphatic rings. The number of aromatic amines is 1. The Labute approximate surface area is 132 Å². The molecular formula is C18H14N2O3. The van der Waals surface area contributed by atoms with Crippen molar-refractivity contribution in [1.29, 1.82) is 0 Å². The summed E-state index contributed by atoms with van der Waals surface area (Å²) >= 11 is 0. The van der Waals surface area contributed by atoms with Gasteiger partial charge in [0.2, 0.25) is 0 Å². The number of H-pyrrole nitrogens is 1. The number of benzene rings is 2. The standard InChI is InChI=1S/C18H14N2O3/c21-17-16-13(9-10-20(17)11-5-2-1-3-6-11)12-7-4-8-14(18(22)23)15(12)19-16/h1-8,19H,9-10H2,(H,22,23). The molecule has 0 aliphatic carbocycles. The molecule has 0 saturated carbocycles. The zero-order chi connectivity index (χ0) is 16.0. The van der Waals surface area contributed by atoms with Gasteiger partial charge in [0.05, 0.1) is 11.1 Å². The lowest BCUT2D eigenvalue weighted by Crippen LogP contribution is -2.37. The normalized spacial score (nSPS) is 14.1. The Balaban J connectivity index is 1.86. The number of aromatic nitrogens is 1. The molecular weight excluding hydrogens is 292 g/mol. The van der Waals surface area contributed by atoms with Crippen molar-refractivity contribution in [3.8, 4) is 0 Å². The molecule has 5 heteroatoms. The second-order valence-electron chi connectivity index (χ2n) is 5.55. The minimum atomic E-state index is -0.999. The Kier molecular flexibility index (Phi) is 2.94. The first-order chi connectivity index (χ1) is 11.2. The summed E-state index contributed by atoms with van der Waals surface area (Å²) in [7, 11) is 0. The average molecular weight is 306 g/mol. The summed E-state index contributed by atoms with van der Waals surface area (Å²) in [6, 6.07) is 14.6. The molecule has 5 nitrogen and oxygen atoms in total. The van der Waals surface area contributed by atoms with Crippen LogP contribution in [-0.2, 0) is 6.42 Å². The smallest absolute Gasteiger partial charge is 0.337 e. The van der Waals surface area contributed by atoms with Gasteiger partial charge in [0.15, 0.2) is 0 Å². The van der Waals surface area contributed by atoms with Crippen LogP contribution < -0.4 is 4.90 Å². The molecule has 23 heavy (non-hydrogen) atoms. The van der Waals surface area contributed by atoms with Crippen molar-refractivity contribution in [2.75, 3.05) is 11.4 Å². The molecule has 0 atom stereocenters. The number of carbonyl (C=O) groups is 2. The Hall–Kier alpha value is -3.08. The third-order valence-corrected chi connectivity index (χ3v) is 4.28. The lowest BCUT2D eigenvalue weighted by molar-refractivity contribution is 0.0698. The first-order valence-electron chi connectivity index (χ1n) is 7.40. The maximum absolute atomic E-state index is 12.8. The van der Waals surface area contributed by atoms with E-state index in [0.29, 0.717) is 24.2 Å². The molecule has 0 unspecified atom stereocenters. The van der Waals surface area contributed by atoms with Crippen LogP contribution in [-0.4, -0.2) is 28.5 Å². The monoisotopic (exact) mass is 306 g/mol. The molecule has 1 aliphatic heterocycles. The van der Waals surface area contributed by atoms with Crippen LogP contribution in [0.4, 0.5) is 5.69 Å². The van der Waals surface area contributed by atoms with Crippen molar-refractivity contribution in [2.45, 2.75) is 6.42 Å². The highest BCUT2D eigenvalue weighted by Gasteiger charge is 2.29. The summed E-state index contributed by atoms with van der Waals surface area (Å²) in [6.45, 7) is 0.583. The fourth-order valence-electron chi connectivity index (χ4n) is 3.21. The molecule has 114 valence electrons. The van der Waals surface area contributed by atoms with Gasteiger partial charge in [0, 0.05) is 17.6 Å². The van der Waals surface area contributed by atoms with Gasteiger partial charge < -0.3 is 15.0 Å². The zero-order valence-electron chi connectivity index (χ0n) is 12.2. The first kappa shape index (κ1) is 13.6. The van der Waals surface area contributed by atoms with Gasteiger partial charge >= 0.3 is 5.97 Å². The van der Waals surface area contributed by atoms with Crippen molar-refractivity contribution in [3.63, 3.8) is 0 Å². The number of nitrogens with one attached hydrogen (secondary N) is 1. The Morgan fingerprint density at radius 1 is 1.09 bits per heavy atom. The molecule has 2 N–H and O–H groups in total. The number of hydrogen-bond acceptors (Lipinski definition) is 2. The number of para-hydroxylation sites is 2. The van der Waals surface area contributed by atoms with E-state index in [2.05, 4.69) is 4.98 Å². The van der Waals surface area contributed by atoms with Crippen LogP contribution in [0.3, 0.4) is 0 Å². The molecule has 3 aromatic rings. The van der Waals surface area contributed by atoms with E-state index < -0.39 is 5.97 Å². The molecule has 0 bridgehead atoms. The predicted octanol–water partition coefficient (Wildman–Crippen LogP) is 3.07. The van der Waals surface area contributed by atoms with E-state index in [1.165, 1.54) is 0 Å². The molecule has 1 amide bonds. The highest BCUT2D eigenvalue weighted by atomic mass is 16.4. The molecule has 4 rings (SSSR count). The zero-order valence-corrected chi connectivity index (χ0v) is 12.2. The number of rotatable bonds is 2. The van der Waals surface area contributed by atoms with Crippen molar-refractivity contribution in [2.24, 2.45) is 0 Å². The Morgan fingerprint density at radius 2 is 1.87 bits per heavy atom. The van der Waals surface area contributed by atoms with Crippen molar-refractivity contribution in [3.05, 3.63) is 65.4 Å². The van der Waals surface area contributed by atoms with Crippen LogP contribution in [0.15, 0.2) is 48.5 Å². The van der Waals surface area contributed by atoms with Crippen molar-refractivity contribution >= 4 is 28.5 Å². The molecule has 0 fully saturated rings. The lowest BCUT2D eigenvalue weighted by Gasteiger charge is -2.26. The fourth-order valence-corrected chi connectivity index (χ4v) is 3.21. The van der Waals surface area contributed by atoms with E-state index in [4.69, 9.17) is 0 Å². The van der Waals surface area contributed by atoms with E-state index >= 15 is 0 Å². The number of carboxylic acids is 1. The van der Waals surface area contributed by atoms with Crippen LogP contribution in [0.1, 0.15) is 26.4 Å². The topological polar surface area (TPSA) is 73.4 Å². The summed E-state index contributed by atoms with van der Waals surface area (Å²) in [6.07, 6.45) is 0.693. The summed E-state index contributed by atoms with van der Waals surface area (Å²) in [5.74, 6) is -1.12. The van der Waals surface area contributed by atoms with Gasteiger partial charge in [-0.15, -0.1) is 0 Å². The van der Waals surface area contributed by atoms with Gasteiger partial charge in [-0.1, -0.05) is 30.3 Å². The maximum Gasteiger partial charge on any atom is 0.337 e. The minimum absolute atomic E-state index is 0.120. The van der Waals surface area contributed by atoms with Gasteiger partial charge in [-0.05, 0) is 30.2 Å². The Bertz CT molecular complexity index is 928. The quantitative estimate of drug-likeness (QED) is 0.764. The van der Waals surface area contributed by atoms with Gasteiger partial charge in [0.25, 0.3) is 5.91 Å². The van der Waals surface area contributed by atoms with E-state index in [1.54, 1.807) is 17.0 Å². The van der Waals surface area contributed by atoms with E-state index in [0.717, 1.165) is 16.6 Å². The maximum atomic E-state index is 12.8. The number of hydrogen-bond donors (Lipinski definition) is 2. The number of aromatic carboxylic acids is 1. The molecule has 2 heterocycles. The molecule has 2 aromatic carbocycles. The fraction of sp³-hybridized carbons (Fsp3) is 0.111. The van der Waals surface area contributed by atoms with Crippen LogP contribution in [0.5, 0.6) is 0 Å². The molecule has 0 spiro atoms. The lowest BCUT2D eigenvalue weighted by atomic mass is 10.0. The summed E-state index contributed by atoms with van der Waals surface area (Å²) in [5.41, 5.74) is 2.95. The second kappa shape index (κ2) is 4.98. The largest absolute Gasteiger partial charge is 0.478 e. The third-order valence-electron chi connectivity index (χ3n) is 4.28. The number of amides is 1. The van der Waals surface area contributed by atoms with Gasteiger partial charge in [-0.3, -0.25) is 4.79 Å². The van der Waals surface area contributed by atoms with E-state index in [-0.39, 0.29) is 11.5 Å². The van der Waals surface area contributed by atoms with Crippen LogP contribution in [0.2, 0.25) is 0 Å². The second-order valence-corrected chi connectivity index (χ2v) is 5.55. The number of carboxylic acid groups (broad SMARTS) is 1. The number of anilines is 1. The summed E-state index contributed by atoms with van der Waals surface area (Å²) < 4.78 is 0. The van der Waals surface area contributed by atoms with Crippen LogP contribution in [0, 0.1) is 0 Å². The SMILES string of the molecule is O=C(O)c1cccc2c3c([nH]c12)C(=O)N(c1ccccc1)CC3. The van der Waals surface area contributed by atoms with Gasteiger partial charge in [0.1, 0.15) is 5.69 Å². The average Bonchev–Trinajstić information content (AvgIpc) is 2.95. The number of nitrogens with zero attached hydrogens (tertiary/aromatic N) is 1. The van der Waals surface area contributed by atoms with Crippen molar-refractivity contribution in [1.82, 2.24) is 4.98 Å². The van der Waals surface area contributed by atoms with Gasteiger partial charge in [-0.2, -0.15) is 0 Å². The molecule has 1 aromatic heterocycles. The van der Waals surface area contributed by atoms with E-state index in [9.17, 15) is 14.7 Å². The van der Waals surface area contributed by atoms with Crippen LogP contribution >= 0.6 is 0 Å². The minimum Gasteiger partial charge on any atom is -0.478 e. The molecule has 0 saturated heterocycles. The third kappa shape index (κ3) is 2.01. The molecule has 0 radical (unpaired) electrons. The Morgan fingerprint density at radius 3 is 2.61 bits per heavy atom. The van der Waals surface area contributed by atoms with Gasteiger partial charge in [-0.25, -0.2) is 4.79 Å². The van der Waals surface area contributed by atoms with Crippen molar-refractivity contribution < 1.29 is 14.7 Å². The number of carbonyl (C=O) groups excluding carboxylic acids is 1. The number of fused-ring (bicyclic) bond motifs is 3. The summed E-state index contributed by atoms with van der Waals surface area (Å²) in [4.78, 5) is 29.0. The van der Waals surface area contributed by atoms with Crippen LogP contribution in [0.25, 0.3) is 10.9 Å². The predicted molar refractivity (Wildman–Crippen MR) is 87.1 cm³/mol.